The van der Waals surface area contributed by atoms with Gasteiger partial charge in [-0.3, -0.25) is 9.71 Å². The Balaban J connectivity index is 1.79. The summed E-state index contributed by atoms with van der Waals surface area (Å²) in [5.74, 6) is 0.227. The molecule has 0 bridgehead atoms. The number of nitrogens with one attached hydrogen (secondary N) is 3. The van der Waals surface area contributed by atoms with E-state index in [2.05, 4.69) is 35.3 Å². The predicted octanol–water partition coefficient (Wildman–Crippen LogP) is 4.07. The molecule has 0 fully saturated rings. The number of aromatic nitrogens is 4. The highest BCUT2D eigenvalue weighted by molar-refractivity contribution is 7.92. The highest BCUT2D eigenvalue weighted by Crippen LogP contribution is 2.33. The molecule has 0 saturated heterocycles. The first-order valence-corrected chi connectivity index (χ1v) is 11.6. The van der Waals surface area contributed by atoms with E-state index in [0.29, 0.717) is 33.9 Å². The maximum absolute atomic E-state index is 14.5. The van der Waals surface area contributed by atoms with Gasteiger partial charge in [0.15, 0.2) is 5.65 Å². The minimum Gasteiger partial charge on any atom is -0.373 e. The molecule has 0 aliphatic rings. The van der Waals surface area contributed by atoms with Crippen molar-refractivity contribution in [2.45, 2.75) is 11.8 Å². The van der Waals surface area contributed by atoms with Gasteiger partial charge >= 0.3 is 0 Å². The van der Waals surface area contributed by atoms with Gasteiger partial charge in [0.25, 0.3) is 10.0 Å². The fourth-order valence-corrected chi connectivity index (χ4v) is 4.75. The quantitative estimate of drug-likeness (QED) is 0.372. The number of anilines is 3. The molecule has 3 aromatic heterocycles. The van der Waals surface area contributed by atoms with E-state index in [0.717, 1.165) is 6.07 Å². The average molecular weight is 488 g/mol. The molecular formula is C21H19ClFN7O2S. The minimum atomic E-state index is -4.06. The first kappa shape index (κ1) is 22.6. The molecule has 1 aromatic carbocycles. The minimum absolute atomic E-state index is 0.0355. The van der Waals surface area contributed by atoms with Crippen LogP contribution in [0.3, 0.4) is 0 Å². The van der Waals surface area contributed by atoms with Crippen molar-refractivity contribution < 1.29 is 12.8 Å². The van der Waals surface area contributed by atoms with Crippen LogP contribution in [0, 0.1) is 12.7 Å². The molecule has 4 aromatic rings. The molecule has 0 aliphatic carbocycles. The van der Waals surface area contributed by atoms with Gasteiger partial charge < -0.3 is 10.6 Å². The summed E-state index contributed by atoms with van der Waals surface area (Å²) >= 11 is 5.91. The fraction of sp³-hybridized carbons (Fsp3) is 0.143. The lowest BCUT2D eigenvalue weighted by Crippen LogP contribution is -2.15. The number of rotatable bonds is 6. The lowest BCUT2D eigenvalue weighted by molar-refractivity contribution is 0.600. The largest absolute Gasteiger partial charge is 0.373 e. The summed E-state index contributed by atoms with van der Waals surface area (Å²) in [6, 6.07) is 6.94. The van der Waals surface area contributed by atoms with Gasteiger partial charge in [-0.1, -0.05) is 11.6 Å². The first-order chi connectivity index (χ1) is 15.7. The van der Waals surface area contributed by atoms with Gasteiger partial charge in [-0.2, -0.15) is 4.98 Å². The topological polar surface area (TPSA) is 122 Å². The van der Waals surface area contributed by atoms with E-state index in [1.54, 1.807) is 33.3 Å². The molecule has 3 heterocycles. The van der Waals surface area contributed by atoms with Crippen molar-refractivity contribution in [1.29, 1.82) is 0 Å². The lowest BCUT2D eigenvalue weighted by atomic mass is 10.0. The van der Waals surface area contributed by atoms with Crippen LogP contribution in [-0.2, 0) is 10.0 Å². The van der Waals surface area contributed by atoms with E-state index in [1.165, 1.54) is 24.4 Å². The SMILES string of the molecule is CNc1ncc2cc(-c3cc(F)cc(NS(=O)(=O)c4cc(Cl)cnc4C)c3)c(NC)nc2n1. The van der Waals surface area contributed by atoms with Crippen LogP contribution in [-0.4, -0.2) is 42.4 Å². The Bertz CT molecular complexity index is 1480. The summed E-state index contributed by atoms with van der Waals surface area (Å²) in [6.45, 7) is 1.55. The Morgan fingerprint density at radius 1 is 0.970 bits per heavy atom. The Labute approximate surface area is 194 Å². The Morgan fingerprint density at radius 2 is 1.76 bits per heavy atom. The molecule has 3 N–H and O–H groups in total. The monoisotopic (exact) mass is 487 g/mol. The Hall–Kier alpha value is -3.57. The zero-order valence-corrected chi connectivity index (χ0v) is 19.4. The fourth-order valence-electron chi connectivity index (χ4n) is 3.27. The van der Waals surface area contributed by atoms with E-state index in [4.69, 9.17) is 11.6 Å². The zero-order chi connectivity index (χ0) is 23.8. The van der Waals surface area contributed by atoms with Crippen molar-refractivity contribution in [2.75, 3.05) is 29.5 Å². The Morgan fingerprint density at radius 3 is 2.48 bits per heavy atom. The molecule has 170 valence electrons. The summed E-state index contributed by atoms with van der Waals surface area (Å²) in [6.07, 6.45) is 2.95. The number of aryl methyl sites for hydroxylation is 1. The highest BCUT2D eigenvalue weighted by Gasteiger charge is 2.20. The number of hydrogen-bond donors (Lipinski definition) is 3. The van der Waals surface area contributed by atoms with Crippen LogP contribution in [0.25, 0.3) is 22.2 Å². The van der Waals surface area contributed by atoms with Crippen LogP contribution in [0.4, 0.5) is 21.8 Å². The Kier molecular flexibility index (Phi) is 6.00. The van der Waals surface area contributed by atoms with Crippen LogP contribution in [0.1, 0.15) is 5.69 Å². The first-order valence-electron chi connectivity index (χ1n) is 9.69. The van der Waals surface area contributed by atoms with Gasteiger partial charge in [0.1, 0.15) is 16.5 Å². The number of benzene rings is 1. The number of hydrogen-bond acceptors (Lipinski definition) is 8. The molecule has 9 nitrogen and oxygen atoms in total. The van der Waals surface area contributed by atoms with Crippen molar-refractivity contribution in [3.63, 3.8) is 0 Å². The zero-order valence-electron chi connectivity index (χ0n) is 17.8. The third kappa shape index (κ3) is 4.64. The van der Waals surface area contributed by atoms with Crippen LogP contribution in [0.2, 0.25) is 5.02 Å². The van der Waals surface area contributed by atoms with E-state index in [1.807, 2.05) is 0 Å². The second kappa shape index (κ2) is 8.75. The molecule has 0 spiro atoms. The van der Waals surface area contributed by atoms with Crippen molar-refractivity contribution in [2.24, 2.45) is 0 Å². The highest BCUT2D eigenvalue weighted by atomic mass is 35.5. The molecule has 33 heavy (non-hydrogen) atoms. The molecule has 4 rings (SSSR count). The second-order valence-electron chi connectivity index (χ2n) is 7.06. The van der Waals surface area contributed by atoms with Crippen LogP contribution < -0.4 is 15.4 Å². The summed E-state index contributed by atoms with van der Waals surface area (Å²) in [4.78, 5) is 16.9. The lowest BCUT2D eigenvalue weighted by Gasteiger charge is -2.14. The van der Waals surface area contributed by atoms with E-state index < -0.39 is 15.8 Å². The number of fused-ring (bicyclic) bond motifs is 1. The molecule has 0 unspecified atom stereocenters. The van der Waals surface area contributed by atoms with E-state index in [-0.39, 0.29) is 21.3 Å². The van der Waals surface area contributed by atoms with Gasteiger partial charge in [-0.15, -0.1) is 0 Å². The third-order valence-electron chi connectivity index (χ3n) is 4.79. The van der Waals surface area contributed by atoms with Gasteiger partial charge in [0, 0.05) is 37.4 Å². The summed E-state index contributed by atoms with van der Waals surface area (Å²) in [5, 5.41) is 6.63. The van der Waals surface area contributed by atoms with E-state index >= 15 is 0 Å². The van der Waals surface area contributed by atoms with Gasteiger partial charge in [0.05, 0.1) is 16.4 Å². The second-order valence-corrected chi connectivity index (χ2v) is 9.15. The third-order valence-corrected chi connectivity index (χ3v) is 6.49. The van der Waals surface area contributed by atoms with Crippen molar-refractivity contribution in [3.05, 3.63) is 59.3 Å². The number of sulfonamides is 1. The average Bonchev–Trinajstić information content (AvgIpc) is 2.78. The van der Waals surface area contributed by atoms with Crippen molar-refractivity contribution in [3.8, 4) is 11.1 Å². The maximum Gasteiger partial charge on any atom is 0.263 e. The van der Waals surface area contributed by atoms with Gasteiger partial charge in [-0.25, -0.2) is 22.8 Å². The molecule has 0 amide bonds. The van der Waals surface area contributed by atoms with Crippen molar-refractivity contribution >= 4 is 50.1 Å². The predicted molar refractivity (Wildman–Crippen MR) is 127 cm³/mol. The van der Waals surface area contributed by atoms with Gasteiger partial charge in [0.2, 0.25) is 5.95 Å². The van der Waals surface area contributed by atoms with Crippen LogP contribution in [0.15, 0.2) is 47.6 Å². The molecule has 0 aliphatic heterocycles. The summed E-state index contributed by atoms with van der Waals surface area (Å²) in [7, 11) is -0.687. The normalized spacial score (nSPS) is 11.4. The molecule has 0 radical (unpaired) electrons. The van der Waals surface area contributed by atoms with Crippen LogP contribution in [0.5, 0.6) is 0 Å². The molecule has 0 saturated carbocycles. The summed E-state index contributed by atoms with van der Waals surface area (Å²) < 4.78 is 42.8. The van der Waals surface area contributed by atoms with Crippen molar-refractivity contribution in [1.82, 2.24) is 19.9 Å². The molecular weight excluding hydrogens is 469 g/mol. The van der Waals surface area contributed by atoms with E-state index in [9.17, 15) is 12.8 Å². The van der Waals surface area contributed by atoms with Gasteiger partial charge in [-0.05, 0) is 42.8 Å². The maximum atomic E-state index is 14.5. The number of pyridine rings is 2. The molecule has 12 heteroatoms. The summed E-state index contributed by atoms with van der Waals surface area (Å²) in [5.41, 5.74) is 1.70. The molecule has 0 atom stereocenters. The van der Waals surface area contributed by atoms with Crippen LogP contribution >= 0.6 is 11.6 Å². The number of halogens is 2. The smallest absolute Gasteiger partial charge is 0.263 e. The number of nitrogens with zero attached hydrogens (tertiary/aromatic N) is 4. The standard InChI is InChI=1S/C21H19ClFN7O2S/c1-11-18(7-14(22)10-26-11)33(31,32)30-16-5-12(4-15(23)8-16)17-6-13-9-27-21(25-3)29-19(13)28-20(17)24-2/h4-10,30H,1-3H3,(H2,24,25,27,28,29).